The van der Waals surface area contributed by atoms with Crippen LogP contribution in [0.3, 0.4) is 0 Å². The van der Waals surface area contributed by atoms with Gasteiger partial charge in [0.1, 0.15) is 5.75 Å². The summed E-state index contributed by atoms with van der Waals surface area (Å²) in [6.45, 7) is 2.37. The molecule has 1 aromatic heterocycles. The summed E-state index contributed by atoms with van der Waals surface area (Å²) in [4.78, 5) is 11.8. The molecular weight excluding hydrogens is 254 g/mol. The van der Waals surface area contributed by atoms with E-state index in [1.807, 2.05) is 31.2 Å². The molecule has 2 aromatic rings. The minimum absolute atomic E-state index is 0.208. The van der Waals surface area contributed by atoms with Gasteiger partial charge in [-0.1, -0.05) is 12.1 Å². The molecule has 0 spiro atoms. The third-order valence-corrected chi connectivity index (χ3v) is 2.86. The average Bonchev–Trinajstić information content (AvgIpc) is 2.48. The fraction of sp³-hybridized carbons (Fsp3) is 0.267. The summed E-state index contributed by atoms with van der Waals surface area (Å²) in [6, 6.07) is 11.2. The van der Waals surface area contributed by atoms with Crippen molar-refractivity contribution in [1.82, 2.24) is 15.5 Å². The summed E-state index contributed by atoms with van der Waals surface area (Å²) in [5.74, 6) is 0.610. The third-order valence-electron chi connectivity index (χ3n) is 2.86. The van der Waals surface area contributed by atoms with Gasteiger partial charge in [0.05, 0.1) is 12.8 Å². The van der Waals surface area contributed by atoms with Crippen molar-refractivity contribution in [3.63, 3.8) is 0 Å². The highest BCUT2D eigenvalue weighted by Gasteiger charge is 2.06. The number of aryl methyl sites for hydroxylation is 1. The lowest BCUT2D eigenvalue weighted by Gasteiger charge is -2.06. The van der Waals surface area contributed by atoms with E-state index in [-0.39, 0.29) is 5.91 Å². The molecule has 0 aliphatic carbocycles. The summed E-state index contributed by atoms with van der Waals surface area (Å²) in [5.41, 5.74) is 2.24. The number of hydrogen-bond acceptors (Lipinski definition) is 4. The second kappa shape index (κ2) is 6.65. The van der Waals surface area contributed by atoms with Crippen LogP contribution >= 0.6 is 0 Å². The Balaban J connectivity index is 1.86. The van der Waals surface area contributed by atoms with Gasteiger partial charge >= 0.3 is 0 Å². The van der Waals surface area contributed by atoms with Crippen molar-refractivity contribution in [2.45, 2.75) is 13.3 Å². The molecule has 5 heteroatoms. The zero-order valence-electron chi connectivity index (χ0n) is 11.6. The Morgan fingerprint density at radius 3 is 2.80 bits per heavy atom. The van der Waals surface area contributed by atoms with E-state index in [1.165, 1.54) is 0 Å². The highest BCUT2D eigenvalue weighted by Crippen LogP contribution is 2.12. The van der Waals surface area contributed by atoms with Crippen molar-refractivity contribution in [3.05, 3.63) is 53.3 Å². The molecule has 0 bridgehead atoms. The Morgan fingerprint density at radius 2 is 2.10 bits per heavy atom. The first kappa shape index (κ1) is 14.0. The Hall–Kier alpha value is -2.43. The second-order valence-electron chi connectivity index (χ2n) is 4.42. The van der Waals surface area contributed by atoms with Crippen molar-refractivity contribution < 1.29 is 9.53 Å². The number of hydrogen-bond donors (Lipinski definition) is 1. The standard InChI is InChI=1S/C15H17N3O2/c1-11-6-7-14(18-17-11)15(19)16-9-8-12-4-3-5-13(10-12)20-2/h3-7,10H,8-9H2,1-2H3,(H,16,19). The second-order valence-corrected chi connectivity index (χ2v) is 4.42. The monoisotopic (exact) mass is 271 g/mol. The van der Waals surface area contributed by atoms with Crippen molar-refractivity contribution in [3.8, 4) is 5.75 Å². The minimum Gasteiger partial charge on any atom is -0.497 e. The number of amides is 1. The highest BCUT2D eigenvalue weighted by atomic mass is 16.5. The number of benzene rings is 1. The van der Waals surface area contributed by atoms with E-state index in [2.05, 4.69) is 15.5 Å². The SMILES string of the molecule is COc1cccc(CCNC(=O)c2ccc(C)nn2)c1. The normalized spacial score (nSPS) is 10.1. The predicted molar refractivity (Wildman–Crippen MR) is 75.8 cm³/mol. The van der Waals surface area contributed by atoms with Gasteiger partial charge < -0.3 is 10.1 Å². The molecule has 0 radical (unpaired) electrons. The number of carbonyl (C=O) groups excluding carboxylic acids is 1. The number of nitrogens with zero attached hydrogens (tertiary/aromatic N) is 2. The van der Waals surface area contributed by atoms with Gasteiger partial charge in [0, 0.05) is 6.54 Å². The maximum absolute atomic E-state index is 11.8. The Morgan fingerprint density at radius 1 is 1.25 bits per heavy atom. The molecule has 1 aromatic carbocycles. The zero-order chi connectivity index (χ0) is 14.4. The fourth-order valence-electron chi connectivity index (χ4n) is 1.76. The molecule has 1 N–H and O–H groups in total. The molecular formula is C15H17N3O2. The maximum atomic E-state index is 11.8. The third kappa shape index (κ3) is 3.78. The molecule has 1 amide bonds. The van der Waals surface area contributed by atoms with Crippen LogP contribution in [-0.4, -0.2) is 29.8 Å². The molecule has 0 unspecified atom stereocenters. The molecule has 2 rings (SSSR count). The van der Waals surface area contributed by atoms with E-state index in [9.17, 15) is 4.79 Å². The van der Waals surface area contributed by atoms with Gasteiger partial charge in [0.25, 0.3) is 5.91 Å². The lowest BCUT2D eigenvalue weighted by Crippen LogP contribution is -2.26. The molecule has 104 valence electrons. The molecule has 20 heavy (non-hydrogen) atoms. The van der Waals surface area contributed by atoms with Crippen LogP contribution in [0.1, 0.15) is 21.7 Å². The lowest BCUT2D eigenvalue weighted by molar-refractivity contribution is 0.0948. The molecule has 1 heterocycles. The van der Waals surface area contributed by atoms with E-state index < -0.39 is 0 Å². The van der Waals surface area contributed by atoms with Crippen LogP contribution in [0.2, 0.25) is 0 Å². The van der Waals surface area contributed by atoms with Crippen molar-refractivity contribution in [1.29, 1.82) is 0 Å². The molecule has 5 nitrogen and oxygen atoms in total. The van der Waals surface area contributed by atoms with Gasteiger partial charge in [-0.3, -0.25) is 4.79 Å². The summed E-state index contributed by atoms with van der Waals surface area (Å²) in [5, 5.41) is 10.5. The molecule has 0 saturated carbocycles. The van der Waals surface area contributed by atoms with Crippen LogP contribution in [0.15, 0.2) is 36.4 Å². The van der Waals surface area contributed by atoms with Gasteiger partial charge in [0.15, 0.2) is 5.69 Å². The number of carbonyl (C=O) groups is 1. The van der Waals surface area contributed by atoms with E-state index in [0.717, 1.165) is 23.4 Å². The summed E-state index contributed by atoms with van der Waals surface area (Å²) < 4.78 is 5.16. The number of methoxy groups -OCH3 is 1. The first-order chi connectivity index (χ1) is 9.69. The molecule has 0 atom stereocenters. The van der Waals surface area contributed by atoms with Gasteiger partial charge in [-0.15, -0.1) is 5.10 Å². The maximum Gasteiger partial charge on any atom is 0.271 e. The zero-order valence-corrected chi connectivity index (χ0v) is 11.6. The number of nitrogens with one attached hydrogen (secondary N) is 1. The topological polar surface area (TPSA) is 64.1 Å². The lowest BCUT2D eigenvalue weighted by atomic mass is 10.1. The van der Waals surface area contributed by atoms with Gasteiger partial charge in [-0.05, 0) is 43.2 Å². The summed E-state index contributed by atoms with van der Waals surface area (Å²) in [7, 11) is 1.64. The number of aromatic nitrogens is 2. The van der Waals surface area contributed by atoms with Crippen LogP contribution in [0.25, 0.3) is 0 Å². The highest BCUT2D eigenvalue weighted by molar-refractivity contribution is 5.91. The number of rotatable bonds is 5. The Bertz CT molecular complexity index is 582. The summed E-state index contributed by atoms with van der Waals surface area (Å²) >= 11 is 0. The van der Waals surface area contributed by atoms with Crippen molar-refractivity contribution in [2.24, 2.45) is 0 Å². The van der Waals surface area contributed by atoms with Crippen LogP contribution < -0.4 is 10.1 Å². The first-order valence-corrected chi connectivity index (χ1v) is 6.40. The molecule has 0 fully saturated rings. The average molecular weight is 271 g/mol. The molecule has 0 aliphatic rings. The Kier molecular flexibility index (Phi) is 4.65. The quantitative estimate of drug-likeness (QED) is 0.900. The Labute approximate surface area is 118 Å². The smallest absolute Gasteiger partial charge is 0.271 e. The molecule has 0 saturated heterocycles. The van der Waals surface area contributed by atoms with Crippen molar-refractivity contribution >= 4 is 5.91 Å². The fourth-order valence-corrected chi connectivity index (χ4v) is 1.76. The van der Waals surface area contributed by atoms with Crippen LogP contribution in [0, 0.1) is 6.92 Å². The van der Waals surface area contributed by atoms with Gasteiger partial charge in [-0.2, -0.15) is 5.10 Å². The van der Waals surface area contributed by atoms with Crippen LogP contribution in [-0.2, 0) is 6.42 Å². The predicted octanol–water partition coefficient (Wildman–Crippen LogP) is 1.77. The van der Waals surface area contributed by atoms with E-state index in [0.29, 0.717) is 12.2 Å². The minimum atomic E-state index is -0.208. The van der Waals surface area contributed by atoms with Crippen LogP contribution in [0.4, 0.5) is 0 Å². The van der Waals surface area contributed by atoms with Gasteiger partial charge in [0.2, 0.25) is 0 Å². The number of ether oxygens (including phenoxy) is 1. The van der Waals surface area contributed by atoms with E-state index in [1.54, 1.807) is 19.2 Å². The summed E-state index contributed by atoms with van der Waals surface area (Å²) in [6.07, 6.45) is 0.738. The van der Waals surface area contributed by atoms with E-state index >= 15 is 0 Å². The molecule has 0 aliphatic heterocycles. The van der Waals surface area contributed by atoms with Crippen molar-refractivity contribution in [2.75, 3.05) is 13.7 Å². The van der Waals surface area contributed by atoms with Crippen LogP contribution in [0.5, 0.6) is 5.75 Å². The first-order valence-electron chi connectivity index (χ1n) is 6.40. The van der Waals surface area contributed by atoms with E-state index in [4.69, 9.17) is 4.74 Å². The largest absolute Gasteiger partial charge is 0.497 e. The van der Waals surface area contributed by atoms with Gasteiger partial charge in [-0.25, -0.2) is 0 Å².